The van der Waals surface area contributed by atoms with Gasteiger partial charge in [0, 0.05) is 16.3 Å². The van der Waals surface area contributed by atoms with Crippen LogP contribution in [0.2, 0.25) is 0 Å². The van der Waals surface area contributed by atoms with Crippen molar-refractivity contribution in [2.24, 2.45) is 0 Å². The second-order valence-electron chi connectivity index (χ2n) is 6.68. The van der Waals surface area contributed by atoms with Gasteiger partial charge in [-0.3, -0.25) is 9.69 Å². The van der Waals surface area contributed by atoms with E-state index in [2.05, 4.69) is 12.1 Å². The van der Waals surface area contributed by atoms with Crippen molar-refractivity contribution in [1.82, 2.24) is 9.97 Å². The molecular weight excluding hydrogens is 402 g/mol. The van der Waals surface area contributed by atoms with Crippen molar-refractivity contribution in [3.05, 3.63) is 70.9 Å². The highest BCUT2D eigenvalue weighted by molar-refractivity contribution is 7.16. The first kappa shape index (κ1) is 18.0. The zero-order valence-electron chi connectivity index (χ0n) is 15.6. The Kier molecular flexibility index (Phi) is 4.61. The van der Waals surface area contributed by atoms with Gasteiger partial charge in [0.25, 0.3) is 0 Å². The van der Waals surface area contributed by atoms with Crippen molar-refractivity contribution in [1.29, 1.82) is 0 Å². The summed E-state index contributed by atoms with van der Waals surface area (Å²) in [6, 6.07) is 18.0. The third-order valence-electron chi connectivity index (χ3n) is 4.94. The Bertz CT molecular complexity index is 1150. The molecule has 0 N–H and O–H groups in total. The van der Waals surface area contributed by atoms with Gasteiger partial charge in [0.15, 0.2) is 5.13 Å². The number of aromatic nitrogens is 2. The summed E-state index contributed by atoms with van der Waals surface area (Å²) < 4.78 is 5.21. The number of ether oxygens (including phenoxy) is 1. The minimum Gasteiger partial charge on any atom is -0.497 e. The minimum atomic E-state index is 0.0638. The molecule has 0 bridgehead atoms. The second-order valence-corrected chi connectivity index (χ2v) is 8.37. The predicted octanol–water partition coefficient (Wildman–Crippen LogP) is 5.42. The Morgan fingerprint density at radius 1 is 0.966 bits per heavy atom. The highest BCUT2D eigenvalue weighted by Crippen LogP contribution is 2.41. The van der Waals surface area contributed by atoms with E-state index in [0.29, 0.717) is 6.42 Å². The predicted molar refractivity (Wildman–Crippen MR) is 116 cm³/mol. The number of methoxy groups -OCH3 is 1. The molecule has 1 aliphatic rings. The molecule has 0 spiro atoms. The summed E-state index contributed by atoms with van der Waals surface area (Å²) in [7, 11) is 1.65. The van der Waals surface area contributed by atoms with Crippen LogP contribution < -0.4 is 9.64 Å². The number of benzene rings is 2. The Morgan fingerprint density at radius 2 is 1.72 bits per heavy atom. The number of β-lactam (4-membered cyclic amide) rings is 1. The number of hydrogen-bond acceptors (Lipinski definition) is 6. The molecule has 1 aliphatic heterocycles. The van der Waals surface area contributed by atoms with Gasteiger partial charge in [0.2, 0.25) is 5.91 Å². The number of hydrogen-bond donors (Lipinski definition) is 0. The van der Waals surface area contributed by atoms with E-state index in [4.69, 9.17) is 14.7 Å². The Hall–Kier alpha value is -3.03. The molecule has 7 heteroatoms. The molecule has 5 rings (SSSR count). The van der Waals surface area contributed by atoms with Gasteiger partial charge in [-0.2, -0.15) is 0 Å². The molecule has 1 fully saturated rings. The van der Waals surface area contributed by atoms with Crippen LogP contribution in [-0.4, -0.2) is 23.0 Å². The molecule has 29 heavy (non-hydrogen) atoms. The van der Waals surface area contributed by atoms with E-state index < -0.39 is 0 Å². The third kappa shape index (κ3) is 3.32. The average molecular weight is 420 g/mol. The summed E-state index contributed by atoms with van der Waals surface area (Å²) in [6.07, 6.45) is 0.526. The van der Waals surface area contributed by atoms with Crippen molar-refractivity contribution in [2.75, 3.05) is 12.0 Å². The largest absolute Gasteiger partial charge is 0.497 e. The lowest BCUT2D eigenvalue weighted by Crippen LogP contribution is -2.46. The van der Waals surface area contributed by atoms with Gasteiger partial charge in [-0.25, -0.2) is 9.97 Å². The zero-order valence-corrected chi connectivity index (χ0v) is 17.2. The van der Waals surface area contributed by atoms with E-state index in [0.717, 1.165) is 38.4 Å². The third-order valence-corrected chi connectivity index (χ3v) is 6.64. The molecule has 1 amide bonds. The summed E-state index contributed by atoms with van der Waals surface area (Å²) in [5.41, 5.74) is 3.89. The SMILES string of the molecule is COc1ccc(-c2csc(-c3csc(N4C(=O)CC4c4ccccc4)n3)n2)cc1. The minimum absolute atomic E-state index is 0.0638. The molecule has 2 aromatic carbocycles. The Balaban J connectivity index is 1.39. The fourth-order valence-electron chi connectivity index (χ4n) is 3.36. The number of anilines is 1. The number of rotatable bonds is 5. The maximum Gasteiger partial charge on any atom is 0.231 e. The lowest BCUT2D eigenvalue weighted by Gasteiger charge is -2.38. The monoisotopic (exact) mass is 419 g/mol. The average Bonchev–Trinajstić information content (AvgIpc) is 3.42. The van der Waals surface area contributed by atoms with Gasteiger partial charge in [-0.05, 0) is 29.8 Å². The topological polar surface area (TPSA) is 55.3 Å². The van der Waals surface area contributed by atoms with E-state index in [1.807, 2.05) is 53.2 Å². The van der Waals surface area contributed by atoms with Gasteiger partial charge >= 0.3 is 0 Å². The second kappa shape index (κ2) is 7.42. The number of nitrogens with zero attached hydrogens (tertiary/aromatic N) is 3. The molecule has 0 saturated carbocycles. The lowest BCUT2D eigenvalue weighted by molar-refractivity contribution is -0.124. The van der Waals surface area contributed by atoms with Crippen LogP contribution in [-0.2, 0) is 4.79 Å². The van der Waals surface area contributed by atoms with Crippen molar-refractivity contribution >= 4 is 33.7 Å². The van der Waals surface area contributed by atoms with Crippen LogP contribution in [0.3, 0.4) is 0 Å². The summed E-state index contributed by atoms with van der Waals surface area (Å²) in [5.74, 6) is 0.929. The molecule has 1 saturated heterocycles. The fraction of sp³-hybridized carbons (Fsp3) is 0.136. The van der Waals surface area contributed by atoms with Crippen LogP contribution >= 0.6 is 22.7 Å². The quantitative estimate of drug-likeness (QED) is 0.405. The molecule has 2 aromatic heterocycles. The number of carbonyl (C=O) groups is 1. The van der Waals surface area contributed by atoms with E-state index >= 15 is 0 Å². The summed E-state index contributed by atoms with van der Waals surface area (Å²) in [6.45, 7) is 0. The first-order valence-corrected chi connectivity index (χ1v) is 10.9. The van der Waals surface area contributed by atoms with Crippen LogP contribution in [0.1, 0.15) is 18.0 Å². The molecular formula is C22H17N3O2S2. The van der Waals surface area contributed by atoms with E-state index in [-0.39, 0.29) is 11.9 Å². The van der Waals surface area contributed by atoms with Gasteiger partial charge in [-0.15, -0.1) is 22.7 Å². The number of carbonyl (C=O) groups excluding carboxylic acids is 1. The smallest absolute Gasteiger partial charge is 0.231 e. The highest BCUT2D eigenvalue weighted by atomic mass is 32.1. The number of thiazole rings is 2. The molecule has 0 radical (unpaired) electrons. The summed E-state index contributed by atoms with van der Waals surface area (Å²) in [5, 5.41) is 5.58. The molecule has 144 valence electrons. The molecule has 4 aromatic rings. The molecule has 1 atom stereocenters. The summed E-state index contributed by atoms with van der Waals surface area (Å²) >= 11 is 3.04. The lowest BCUT2D eigenvalue weighted by atomic mass is 9.95. The van der Waals surface area contributed by atoms with Gasteiger partial charge in [-0.1, -0.05) is 30.3 Å². The van der Waals surface area contributed by atoms with Gasteiger partial charge in [0.05, 0.1) is 25.3 Å². The Labute approximate surface area is 176 Å². The Morgan fingerprint density at radius 3 is 2.45 bits per heavy atom. The van der Waals surface area contributed by atoms with Crippen LogP contribution in [0.5, 0.6) is 5.75 Å². The van der Waals surface area contributed by atoms with Crippen LogP contribution in [0, 0.1) is 0 Å². The molecule has 5 nitrogen and oxygen atoms in total. The first-order chi connectivity index (χ1) is 14.2. The van der Waals surface area contributed by atoms with Gasteiger partial charge < -0.3 is 4.74 Å². The normalized spacial score (nSPS) is 16.0. The standard InChI is InChI=1S/C22H17N3O2S2/c1-27-16-9-7-14(8-10-16)17-12-28-21(23-17)18-13-29-22(24-18)25-19(11-20(25)26)15-5-3-2-4-6-15/h2-10,12-13,19H,11H2,1H3. The van der Waals surface area contributed by atoms with E-state index in [9.17, 15) is 4.79 Å². The van der Waals surface area contributed by atoms with Crippen LogP contribution in [0.4, 0.5) is 5.13 Å². The first-order valence-electron chi connectivity index (χ1n) is 9.16. The molecule has 0 aliphatic carbocycles. The van der Waals surface area contributed by atoms with Crippen LogP contribution in [0.25, 0.3) is 22.0 Å². The molecule has 3 heterocycles. The maximum atomic E-state index is 12.3. The van der Waals surface area contributed by atoms with E-state index in [1.165, 1.54) is 11.3 Å². The number of amides is 1. The van der Waals surface area contributed by atoms with Crippen molar-refractivity contribution < 1.29 is 9.53 Å². The fourth-order valence-corrected chi connectivity index (χ4v) is 5.10. The van der Waals surface area contributed by atoms with Crippen molar-refractivity contribution in [2.45, 2.75) is 12.5 Å². The van der Waals surface area contributed by atoms with E-state index in [1.54, 1.807) is 23.3 Å². The molecule has 1 unspecified atom stereocenters. The maximum absolute atomic E-state index is 12.3. The highest BCUT2D eigenvalue weighted by Gasteiger charge is 2.40. The van der Waals surface area contributed by atoms with Crippen molar-refractivity contribution in [3.8, 4) is 27.7 Å². The van der Waals surface area contributed by atoms with Crippen LogP contribution in [0.15, 0.2) is 65.4 Å². The summed E-state index contributed by atoms with van der Waals surface area (Å²) in [4.78, 5) is 23.5. The van der Waals surface area contributed by atoms with Crippen molar-refractivity contribution in [3.63, 3.8) is 0 Å². The zero-order chi connectivity index (χ0) is 19.8. The van der Waals surface area contributed by atoms with Gasteiger partial charge in [0.1, 0.15) is 16.5 Å².